The summed E-state index contributed by atoms with van der Waals surface area (Å²) in [5.74, 6) is 2.88. The Morgan fingerprint density at radius 3 is 2.83 bits per heavy atom. The summed E-state index contributed by atoms with van der Waals surface area (Å²) in [6.07, 6.45) is 4.82. The highest BCUT2D eigenvalue weighted by Gasteiger charge is 2.23. The second-order valence-electron chi connectivity index (χ2n) is 4.95. The number of hydrogen-bond acceptors (Lipinski definition) is 4. The molecule has 0 amide bonds. The molecule has 0 bridgehead atoms. The summed E-state index contributed by atoms with van der Waals surface area (Å²) < 4.78 is 0. The van der Waals surface area contributed by atoms with Crippen molar-refractivity contribution in [3.8, 4) is 0 Å². The Morgan fingerprint density at radius 2 is 2.17 bits per heavy atom. The Balaban J connectivity index is 2.03. The van der Waals surface area contributed by atoms with Gasteiger partial charge in [-0.15, -0.1) is 11.3 Å². The van der Waals surface area contributed by atoms with Crippen LogP contribution in [0.5, 0.6) is 0 Å². The predicted octanol–water partition coefficient (Wildman–Crippen LogP) is 3.64. The Hall–Kier alpha value is -1.16. The summed E-state index contributed by atoms with van der Waals surface area (Å²) in [6, 6.07) is 2.24. The maximum Gasteiger partial charge on any atom is 0.138 e. The lowest BCUT2D eigenvalue weighted by atomic mass is 10.2. The molecular formula is C14H19N3S. The normalized spacial score (nSPS) is 15.2. The van der Waals surface area contributed by atoms with E-state index in [0.717, 1.165) is 41.8 Å². The van der Waals surface area contributed by atoms with Crippen molar-refractivity contribution in [3.05, 3.63) is 16.8 Å². The molecule has 1 saturated carbocycles. The Kier molecular flexibility index (Phi) is 3.20. The molecule has 0 aromatic carbocycles. The van der Waals surface area contributed by atoms with E-state index >= 15 is 0 Å². The van der Waals surface area contributed by atoms with Gasteiger partial charge in [0.2, 0.25) is 0 Å². The van der Waals surface area contributed by atoms with Crippen molar-refractivity contribution in [1.29, 1.82) is 0 Å². The second kappa shape index (κ2) is 4.84. The Labute approximate surface area is 112 Å². The Morgan fingerprint density at radius 1 is 1.33 bits per heavy atom. The fourth-order valence-corrected chi connectivity index (χ4v) is 3.15. The van der Waals surface area contributed by atoms with Crippen molar-refractivity contribution in [1.82, 2.24) is 9.97 Å². The van der Waals surface area contributed by atoms with Gasteiger partial charge in [0.25, 0.3) is 0 Å². The highest BCUT2D eigenvalue weighted by molar-refractivity contribution is 7.18. The number of hydrogen-bond donors (Lipinski definition) is 1. The lowest BCUT2D eigenvalue weighted by Gasteiger charge is -2.06. The minimum absolute atomic E-state index is 0.836. The van der Waals surface area contributed by atoms with Crippen LogP contribution in [0.15, 0.2) is 6.07 Å². The van der Waals surface area contributed by atoms with Gasteiger partial charge in [0.1, 0.15) is 16.5 Å². The minimum Gasteiger partial charge on any atom is -0.370 e. The summed E-state index contributed by atoms with van der Waals surface area (Å²) in [6.45, 7) is 5.21. The molecule has 0 aliphatic heterocycles. The van der Waals surface area contributed by atoms with Crippen molar-refractivity contribution >= 4 is 27.4 Å². The van der Waals surface area contributed by atoms with Crippen LogP contribution in [0.25, 0.3) is 10.2 Å². The van der Waals surface area contributed by atoms with Crippen LogP contribution in [0.2, 0.25) is 0 Å². The summed E-state index contributed by atoms with van der Waals surface area (Å²) >= 11 is 1.81. The fourth-order valence-electron chi connectivity index (χ4n) is 2.16. The van der Waals surface area contributed by atoms with Crippen molar-refractivity contribution in [3.63, 3.8) is 0 Å². The first-order chi connectivity index (χ1) is 8.80. The van der Waals surface area contributed by atoms with Crippen molar-refractivity contribution < 1.29 is 0 Å². The molecule has 4 heteroatoms. The molecule has 0 atom stereocenters. The summed E-state index contributed by atoms with van der Waals surface area (Å²) in [4.78, 5) is 12.0. The van der Waals surface area contributed by atoms with Crippen molar-refractivity contribution in [2.45, 2.75) is 39.5 Å². The zero-order valence-corrected chi connectivity index (χ0v) is 11.8. The SMILES string of the molecule is CCNc1nc(CC2CC2)nc2sc(CC)cc12. The number of anilines is 1. The molecule has 0 radical (unpaired) electrons. The molecule has 2 aromatic rings. The Bertz CT molecular complexity index is 557. The zero-order valence-electron chi connectivity index (χ0n) is 11.0. The third kappa shape index (κ3) is 2.34. The maximum absolute atomic E-state index is 4.73. The number of thiophene rings is 1. The van der Waals surface area contributed by atoms with Crippen molar-refractivity contribution in [2.24, 2.45) is 5.92 Å². The van der Waals surface area contributed by atoms with E-state index in [9.17, 15) is 0 Å². The molecule has 0 spiro atoms. The summed E-state index contributed by atoms with van der Waals surface area (Å²) in [7, 11) is 0. The summed E-state index contributed by atoms with van der Waals surface area (Å²) in [5.41, 5.74) is 0. The average molecular weight is 261 g/mol. The molecule has 1 fully saturated rings. The van der Waals surface area contributed by atoms with E-state index in [1.165, 1.54) is 23.1 Å². The molecule has 2 heterocycles. The molecule has 1 aliphatic rings. The predicted molar refractivity (Wildman–Crippen MR) is 77.4 cm³/mol. The molecular weight excluding hydrogens is 242 g/mol. The van der Waals surface area contributed by atoms with Crippen LogP contribution in [0.3, 0.4) is 0 Å². The van der Waals surface area contributed by atoms with E-state index in [-0.39, 0.29) is 0 Å². The van der Waals surface area contributed by atoms with Gasteiger partial charge >= 0.3 is 0 Å². The number of nitrogens with zero attached hydrogens (tertiary/aromatic N) is 2. The van der Waals surface area contributed by atoms with Gasteiger partial charge in [0.15, 0.2) is 0 Å². The first-order valence-electron chi connectivity index (χ1n) is 6.83. The van der Waals surface area contributed by atoms with Crippen LogP contribution in [0.1, 0.15) is 37.4 Å². The van der Waals surface area contributed by atoms with E-state index in [4.69, 9.17) is 9.97 Å². The van der Waals surface area contributed by atoms with Crippen LogP contribution in [-0.4, -0.2) is 16.5 Å². The first-order valence-corrected chi connectivity index (χ1v) is 7.65. The van der Waals surface area contributed by atoms with Gasteiger partial charge in [-0.3, -0.25) is 0 Å². The van der Waals surface area contributed by atoms with Gasteiger partial charge in [-0.1, -0.05) is 6.92 Å². The second-order valence-corrected chi connectivity index (χ2v) is 6.07. The molecule has 2 aromatic heterocycles. The van der Waals surface area contributed by atoms with E-state index in [0.29, 0.717) is 0 Å². The first kappa shape index (κ1) is 11.9. The molecule has 3 rings (SSSR count). The molecule has 1 aliphatic carbocycles. The van der Waals surface area contributed by atoms with Gasteiger partial charge < -0.3 is 5.32 Å². The molecule has 18 heavy (non-hydrogen) atoms. The van der Waals surface area contributed by atoms with Crippen LogP contribution in [0, 0.1) is 5.92 Å². The maximum atomic E-state index is 4.73. The van der Waals surface area contributed by atoms with Crippen molar-refractivity contribution in [2.75, 3.05) is 11.9 Å². The number of aromatic nitrogens is 2. The van der Waals surface area contributed by atoms with Crippen LogP contribution in [0.4, 0.5) is 5.82 Å². The smallest absolute Gasteiger partial charge is 0.138 e. The standard InChI is InChI=1S/C14H19N3S/c1-3-10-8-11-13(15-4-2)16-12(7-9-5-6-9)17-14(11)18-10/h8-9H,3-7H2,1-2H3,(H,15,16,17). The third-order valence-electron chi connectivity index (χ3n) is 3.35. The van der Waals surface area contributed by atoms with Gasteiger partial charge in [0.05, 0.1) is 5.39 Å². The fraction of sp³-hybridized carbons (Fsp3) is 0.571. The number of nitrogens with one attached hydrogen (secondary N) is 1. The van der Waals surface area contributed by atoms with Crippen LogP contribution < -0.4 is 5.32 Å². The molecule has 3 nitrogen and oxygen atoms in total. The lowest BCUT2D eigenvalue weighted by molar-refractivity contribution is 0.777. The van der Waals surface area contributed by atoms with Crippen LogP contribution in [-0.2, 0) is 12.8 Å². The molecule has 0 unspecified atom stereocenters. The van der Waals surface area contributed by atoms with Gasteiger partial charge in [-0.25, -0.2) is 9.97 Å². The van der Waals surface area contributed by atoms with E-state index in [1.54, 1.807) is 0 Å². The number of rotatable bonds is 5. The lowest BCUT2D eigenvalue weighted by Crippen LogP contribution is -2.04. The van der Waals surface area contributed by atoms with E-state index in [1.807, 2.05) is 11.3 Å². The largest absolute Gasteiger partial charge is 0.370 e. The average Bonchev–Trinajstić information content (AvgIpc) is 3.06. The van der Waals surface area contributed by atoms with E-state index < -0.39 is 0 Å². The highest BCUT2D eigenvalue weighted by atomic mass is 32.1. The number of fused-ring (bicyclic) bond motifs is 1. The van der Waals surface area contributed by atoms with Gasteiger partial charge in [-0.2, -0.15) is 0 Å². The van der Waals surface area contributed by atoms with Gasteiger partial charge in [0, 0.05) is 17.8 Å². The molecule has 1 N–H and O–H groups in total. The van der Waals surface area contributed by atoms with Crippen LogP contribution >= 0.6 is 11.3 Å². The zero-order chi connectivity index (χ0) is 12.5. The summed E-state index contributed by atoms with van der Waals surface area (Å²) in [5, 5.41) is 4.57. The number of aryl methyl sites for hydroxylation is 1. The topological polar surface area (TPSA) is 37.8 Å². The minimum atomic E-state index is 0.836. The molecule has 96 valence electrons. The quantitative estimate of drug-likeness (QED) is 0.893. The van der Waals surface area contributed by atoms with E-state index in [2.05, 4.69) is 25.2 Å². The monoisotopic (exact) mass is 261 g/mol. The van der Waals surface area contributed by atoms with Gasteiger partial charge in [-0.05, 0) is 38.2 Å². The third-order valence-corrected chi connectivity index (χ3v) is 4.52. The highest BCUT2D eigenvalue weighted by Crippen LogP contribution is 2.34. The molecule has 0 saturated heterocycles.